The average Bonchev–Trinajstić information content (AvgIpc) is 2.65. The van der Waals surface area contributed by atoms with Crippen LogP contribution in [0.4, 0.5) is 11.4 Å². The van der Waals surface area contributed by atoms with Crippen molar-refractivity contribution in [3.05, 3.63) is 46.3 Å². The summed E-state index contributed by atoms with van der Waals surface area (Å²) in [6.45, 7) is 1.92. The fourth-order valence-corrected chi connectivity index (χ4v) is 1.28. The van der Waals surface area contributed by atoms with Gasteiger partial charge in [-0.15, -0.1) is 5.53 Å². The van der Waals surface area contributed by atoms with Gasteiger partial charge in [0.25, 0.3) is 5.69 Å². The van der Waals surface area contributed by atoms with Gasteiger partial charge in [0, 0.05) is 24.0 Å². The molecule has 2 rings (SSSR count). The maximum Gasteiger partial charge on any atom is 0.269 e. The second-order valence-electron chi connectivity index (χ2n) is 3.19. The number of nitrogens with one attached hydrogen (secondary N) is 2. The number of non-ortho nitro benzene ring substituents is 1. The molecule has 78 valence electrons. The van der Waals surface area contributed by atoms with E-state index >= 15 is 0 Å². The smallest absolute Gasteiger partial charge is 0.269 e. The van der Waals surface area contributed by atoms with Crippen LogP contribution in [0.3, 0.4) is 0 Å². The third kappa shape index (κ3) is 1.89. The van der Waals surface area contributed by atoms with Crippen molar-refractivity contribution in [1.29, 1.82) is 0 Å². The first-order valence-corrected chi connectivity index (χ1v) is 4.40. The minimum absolute atomic E-state index is 0.0895. The molecule has 6 nitrogen and oxygen atoms in total. The minimum atomic E-state index is -0.416. The van der Waals surface area contributed by atoms with Crippen LogP contribution < -0.4 is 16.0 Å². The molecule has 1 heterocycles. The Hall–Kier alpha value is -2.08. The lowest BCUT2D eigenvalue weighted by molar-refractivity contribution is -0.384. The van der Waals surface area contributed by atoms with Crippen molar-refractivity contribution in [2.24, 2.45) is 0 Å². The molecule has 2 N–H and O–H groups in total. The van der Waals surface area contributed by atoms with Gasteiger partial charge in [0.2, 0.25) is 0 Å². The zero-order valence-corrected chi connectivity index (χ0v) is 8.10. The normalized spacial score (nSPS) is 14.7. The van der Waals surface area contributed by atoms with Crippen molar-refractivity contribution >= 4 is 11.4 Å². The maximum absolute atomic E-state index is 10.4. The number of hydrogen-bond acceptors (Lipinski definition) is 5. The molecule has 0 amide bonds. The van der Waals surface area contributed by atoms with E-state index < -0.39 is 4.92 Å². The largest absolute Gasteiger partial charge is 0.306 e. The van der Waals surface area contributed by atoms with Crippen LogP contribution >= 0.6 is 0 Å². The molecule has 1 aromatic carbocycles. The molecular formula is C9H10N4O2. The number of nitro benzene ring substituents is 1. The molecule has 0 bridgehead atoms. The minimum Gasteiger partial charge on any atom is -0.306 e. The van der Waals surface area contributed by atoms with Gasteiger partial charge in [0.1, 0.15) is 0 Å². The van der Waals surface area contributed by atoms with Crippen LogP contribution in [0, 0.1) is 10.1 Å². The van der Waals surface area contributed by atoms with E-state index in [-0.39, 0.29) is 5.69 Å². The Labute approximate surface area is 86.3 Å². The molecule has 0 unspecified atom stereocenters. The second kappa shape index (κ2) is 3.58. The Bertz CT molecular complexity index is 413. The number of hydrazine groups is 2. The molecule has 15 heavy (non-hydrogen) atoms. The van der Waals surface area contributed by atoms with Gasteiger partial charge in [-0.1, -0.05) is 0 Å². The molecule has 1 aliphatic rings. The fourth-order valence-electron chi connectivity index (χ4n) is 1.28. The number of benzene rings is 1. The van der Waals surface area contributed by atoms with E-state index in [0.717, 1.165) is 11.4 Å². The highest BCUT2D eigenvalue weighted by molar-refractivity contribution is 5.52. The van der Waals surface area contributed by atoms with E-state index in [1.807, 2.05) is 13.1 Å². The van der Waals surface area contributed by atoms with Gasteiger partial charge < -0.3 is 5.43 Å². The summed E-state index contributed by atoms with van der Waals surface area (Å²) in [5.74, 6) is 0. The lowest BCUT2D eigenvalue weighted by Crippen LogP contribution is -2.36. The average molecular weight is 206 g/mol. The summed E-state index contributed by atoms with van der Waals surface area (Å²) in [6, 6.07) is 6.31. The lowest BCUT2D eigenvalue weighted by Gasteiger charge is -2.14. The van der Waals surface area contributed by atoms with Crippen LogP contribution in [0.2, 0.25) is 0 Å². The number of anilines is 1. The summed E-state index contributed by atoms with van der Waals surface area (Å²) in [5.41, 5.74) is 7.71. The number of hydrogen-bond donors (Lipinski definition) is 2. The number of rotatable bonds is 2. The Morgan fingerprint density at radius 2 is 2.00 bits per heavy atom. The van der Waals surface area contributed by atoms with E-state index in [9.17, 15) is 10.1 Å². The number of nitrogens with zero attached hydrogens (tertiary/aromatic N) is 2. The quantitative estimate of drug-likeness (QED) is 0.563. The highest BCUT2D eigenvalue weighted by Crippen LogP contribution is 2.19. The van der Waals surface area contributed by atoms with E-state index in [0.29, 0.717) is 0 Å². The number of allylic oxidation sites excluding steroid dienone is 1. The van der Waals surface area contributed by atoms with Crippen molar-refractivity contribution in [1.82, 2.24) is 11.0 Å². The summed E-state index contributed by atoms with van der Waals surface area (Å²) < 4.78 is 0. The highest BCUT2D eigenvalue weighted by Gasteiger charge is 2.11. The summed E-state index contributed by atoms with van der Waals surface area (Å²) >= 11 is 0. The molecule has 0 spiro atoms. The topological polar surface area (TPSA) is 70.4 Å². The zero-order valence-electron chi connectivity index (χ0n) is 8.10. The van der Waals surface area contributed by atoms with E-state index in [1.165, 1.54) is 12.1 Å². The molecule has 1 aliphatic heterocycles. The predicted octanol–water partition coefficient (Wildman–Crippen LogP) is 1.29. The van der Waals surface area contributed by atoms with Crippen molar-refractivity contribution in [3.63, 3.8) is 0 Å². The van der Waals surface area contributed by atoms with Gasteiger partial charge in [0.15, 0.2) is 0 Å². The zero-order chi connectivity index (χ0) is 10.8. The maximum atomic E-state index is 10.4. The Morgan fingerprint density at radius 1 is 1.33 bits per heavy atom. The van der Waals surface area contributed by atoms with Crippen molar-refractivity contribution < 1.29 is 4.92 Å². The molecule has 6 heteroatoms. The van der Waals surface area contributed by atoms with Gasteiger partial charge in [-0.25, -0.2) is 0 Å². The van der Waals surface area contributed by atoms with Crippen molar-refractivity contribution in [2.45, 2.75) is 6.92 Å². The van der Waals surface area contributed by atoms with Gasteiger partial charge in [0.05, 0.1) is 10.6 Å². The van der Waals surface area contributed by atoms with Crippen LogP contribution in [0.25, 0.3) is 0 Å². The first kappa shape index (κ1) is 9.47. The third-order valence-corrected chi connectivity index (χ3v) is 2.03. The molecule has 0 aliphatic carbocycles. The van der Waals surface area contributed by atoms with Crippen molar-refractivity contribution in [3.8, 4) is 0 Å². The van der Waals surface area contributed by atoms with Gasteiger partial charge in [-0.2, -0.15) is 0 Å². The highest BCUT2D eigenvalue weighted by atomic mass is 16.6. The lowest BCUT2D eigenvalue weighted by atomic mass is 10.3. The van der Waals surface area contributed by atoms with E-state index in [1.54, 1.807) is 17.1 Å². The van der Waals surface area contributed by atoms with Crippen LogP contribution in [0.15, 0.2) is 36.2 Å². The van der Waals surface area contributed by atoms with Crippen LogP contribution in [-0.4, -0.2) is 4.92 Å². The molecule has 0 saturated carbocycles. The summed E-state index contributed by atoms with van der Waals surface area (Å²) in [4.78, 5) is 10.0. The van der Waals surface area contributed by atoms with E-state index in [2.05, 4.69) is 11.0 Å². The van der Waals surface area contributed by atoms with Gasteiger partial charge in [-0.05, 0) is 19.1 Å². The first-order valence-electron chi connectivity index (χ1n) is 4.40. The van der Waals surface area contributed by atoms with Crippen LogP contribution in [0.1, 0.15) is 6.92 Å². The van der Waals surface area contributed by atoms with E-state index in [4.69, 9.17) is 0 Å². The molecule has 1 aromatic rings. The molecule has 0 aromatic heterocycles. The molecule has 0 radical (unpaired) electrons. The Morgan fingerprint density at radius 3 is 2.47 bits per heavy atom. The molecule has 0 saturated heterocycles. The van der Waals surface area contributed by atoms with Crippen LogP contribution in [-0.2, 0) is 0 Å². The fraction of sp³-hybridized carbons (Fsp3) is 0.111. The number of nitro groups is 1. The van der Waals surface area contributed by atoms with Gasteiger partial charge >= 0.3 is 0 Å². The monoisotopic (exact) mass is 206 g/mol. The molecular weight excluding hydrogens is 196 g/mol. The summed E-state index contributed by atoms with van der Waals surface area (Å²) in [5, 5.41) is 12.2. The summed E-state index contributed by atoms with van der Waals surface area (Å²) in [6.07, 6.45) is 1.86. The molecule has 0 atom stereocenters. The SMILES string of the molecule is CC1=CN(c2ccc([N+](=O)[O-])cc2)NN1. The van der Waals surface area contributed by atoms with Crippen molar-refractivity contribution in [2.75, 3.05) is 5.01 Å². The standard InChI is InChI=1S/C9H10N4O2/c1-7-6-12(11-10-7)8-2-4-9(5-3-8)13(14)15/h2-6,10-11H,1H3. The summed E-state index contributed by atoms with van der Waals surface area (Å²) in [7, 11) is 0. The van der Waals surface area contributed by atoms with Crippen LogP contribution in [0.5, 0.6) is 0 Å². The van der Waals surface area contributed by atoms with Gasteiger partial charge in [-0.3, -0.25) is 15.1 Å². The molecule has 0 fully saturated rings. The first-order chi connectivity index (χ1) is 7.16. The second-order valence-corrected chi connectivity index (χ2v) is 3.19. The third-order valence-electron chi connectivity index (χ3n) is 2.03. The Kier molecular flexibility index (Phi) is 2.26. The Balaban J connectivity index is 2.21. The predicted molar refractivity (Wildman–Crippen MR) is 55.6 cm³/mol.